The molecular weight excluding hydrogens is 294 g/mol. The van der Waals surface area contributed by atoms with Gasteiger partial charge < -0.3 is 15.4 Å². The van der Waals surface area contributed by atoms with E-state index in [1.165, 1.54) is 0 Å². The van der Waals surface area contributed by atoms with E-state index < -0.39 is 0 Å². The lowest BCUT2D eigenvalue weighted by atomic mass is 9.98. The summed E-state index contributed by atoms with van der Waals surface area (Å²) in [6.07, 6.45) is 8.16. The number of Topliss-reactive ketones (excluding diaryl/α,β-unsaturated/α-hetero) is 1. The summed E-state index contributed by atoms with van der Waals surface area (Å²) in [5, 5.41) is 6.55. The SMILES string of the molecule is O=C1CC=NC2=C1CCC(CNCCCNc1ncccn1)O2. The van der Waals surface area contributed by atoms with Crippen LogP contribution in [-0.2, 0) is 9.53 Å². The van der Waals surface area contributed by atoms with Crippen LogP contribution in [0.4, 0.5) is 5.95 Å². The summed E-state index contributed by atoms with van der Waals surface area (Å²) < 4.78 is 5.80. The number of hydrogen-bond acceptors (Lipinski definition) is 7. The molecule has 7 nitrogen and oxygen atoms in total. The molecule has 0 radical (unpaired) electrons. The molecule has 1 unspecified atom stereocenters. The van der Waals surface area contributed by atoms with E-state index in [0.29, 0.717) is 18.3 Å². The van der Waals surface area contributed by atoms with Gasteiger partial charge in [-0.2, -0.15) is 0 Å². The number of nitrogens with zero attached hydrogens (tertiary/aromatic N) is 3. The maximum absolute atomic E-state index is 11.7. The Morgan fingerprint density at radius 1 is 1.26 bits per heavy atom. The number of ether oxygens (including phenoxy) is 1. The van der Waals surface area contributed by atoms with E-state index in [1.807, 2.05) is 0 Å². The van der Waals surface area contributed by atoms with E-state index in [-0.39, 0.29) is 11.9 Å². The molecule has 3 heterocycles. The predicted molar refractivity (Wildman–Crippen MR) is 87.3 cm³/mol. The third-order valence-electron chi connectivity index (χ3n) is 3.83. The van der Waals surface area contributed by atoms with Crippen LogP contribution in [0.3, 0.4) is 0 Å². The van der Waals surface area contributed by atoms with Crippen LogP contribution in [0.1, 0.15) is 25.7 Å². The Morgan fingerprint density at radius 2 is 2.13 bits per heavy atom. The molecule has 7 heteroatoms. The van der Waals surface area contributed by atoms with Crippen molar-refractivity contribution >= 4 is 17.9 Å². The third kappa shape index (κ3) is 4.35. The Kier molecular flexibility index (Phi) is 5.31. The number of hydrogen-bond donors (Lipinski definition) is 2. The molecule has 0 saturated carbocycles. The van der Waals surface area contributed by atoms with Crippen LogP contribution in [0.25, 0.3) is 0 Å². The van der Waals surface area contributed by atoms with Crippen molar-refractivity contribution in [2.45, 2.75) is 31.8 Å². The number of ketones is 1. The molecule has 1 atom stereocenters. The van der Waals surface area contributed by atoms with Crippen molar-refractivity contribution in [3.63, 3.8) is 0 Å². The average Bonchev–Trinajstić information content (AvgIpc) is 2.59. The minimum absolute atomic E-state index is 0.0854. The molecule has 1 aromatic heterocycles. The van der Waals surface area contributed by atoms with E-state index in [2.05, 4.69) is 25.6 Å². The highest BCUT2D eigenvalue weighted by Gasteiger charge is 2.27. The maximum atomic E-state index is 11.7. The Bertz CT molecular complexity index is 600. The van der Waals surface area contributed by atoms with Gasteiger partial charge in [-0.15, -0.1) is 0 Å². The number of anilines is 1. The van der Waals surface area contributed by atoms with Crippen LogP contribution in [0.15, 0.2) is 34.9 Å². The maximum Gasteiger partial charge on any atom is 0.222 e. The second kappa shape index (κ2) is 7.82. The number of rotatable bonds is 7. The summed E-state index contributed by atoms with van der Waals surface area (Å²) in [5.74, 6) is 1.33. The number of nitrogens with one attached hydrogen (secondary N) is 2. The molecule has 122 valence electrons. The molecule has 0 aliphatic carbocycles. The fourth-order valence-corrected chi connectivity index (χ4v) is 2.61. The van der Waals surface area contributed by atoms with Crippen LogP contribution in [0.5, 0.6) is 0 Å². The lowest BCUT2D eigenvalue weighted by Gasteiger charge is -2.27. The monoisotopic (exact) mass is 315 g/mol. The smallest absolute Gasteiger partial charge is 0.222 e. The van der Waals surface area contributed by atoms with Gasteiger partial charge in [0.05, 0.1) is 5.57 Å². The lowest BCUT2D eigenvalue weighted by molar-refractivity contribution is -0.115. The first-order valence-electron chi connectivity index (χ1n) is 8.00. The van der Waals surface area contributed by atoms with Crippen LogP contribution in [0, 0.1) is 0 Å². The summed E-state index contributed by atoms with van der Waals surface area (Å²) in [5.41, 5.74) is 0.760. The van der Waals surface area contributed by atoms with Gasteiger partial charge in [0.1, 0.15) is 6.10 Å². The molecule has 0 fully saturated rings. The van der Waals surface area contributed by atoms with Gasteiger partial charge in [0.15, 0.2) is 5.78 Å². The van der Waals surface area contributed by atoms with Crippen LogP contribution in [0.2, 0.25) is 0 Å². The van der Waals surface area contributed by atoms with Crippen molar-refractivity contribution in [2.75, 3.05) is 25.0 Å². The first-order chi connectivity index (χ1) is 11.3. The molecule has 3 rings (SSSR count). The normalized spacial score (nSPS) is 20.2. The van der Waals surface area contributed by atoms with E-state index in [1.54, 1.807) is 24.7 Å². The molecule has 2 N–H and O–H groups in total. The predicted octanol–water partition coefficient (Wildman–Crippen LogP) is 1.30. The topological polar surface area (TPSA) is 88.5 Å². The summed E-state index contributed by atoms with van der Waals surface area (Å²) in [7, 11) is 0. The van der Waals surface area contributed by atoms with Gasteiger partial charge in [0, 0.05) is 38.1 Å². The van der Waals surface area contributed by atoms with E-state index in [0.717, 1.165) is 44.5 Å². The second-order valence-corrected chi connectivity index (χ2v) is 5.56. The number of carbonyl (C=O) groups excluding carboxylic acids is 1. The minimum atomic E-state index is 0.0854. The van der Waals surface area contributed by atoms with Crippen LogP contribution in [-0.4, -0.2) is 47.7 Å². The summed E-state index contributed by atoms with van der Waals surface area (Å²) in [4.78, 5) is 24.1. The Balaban J connectivity index is 1.31. The van der Waals surface area contributed by atoms with Crippen LogP contribution < -0.4 is 10.6 Å². The Hall–Kier alpha value is -2.28. The quantitative estimate of drug-likeness (QED) is 0.737. The summed E-state index contributed by atoms with van der Waals surface area (Å²) >= 11 is 0. The molecule has 23 heavy (non-hydrogen) atoms. The Labute approximate surface area is 135 Å². The fraction of sp³-hybridized carbons (Fsp3) is 0.500. The summed E-state index contributed by atoms with van der Waals surface area (Å²) in [6.45, 7) is 2.47. The molecule has 0 spiro atoms. The van der Waals surface area contributed by atoms with Gasteiger partial charge in [0.2, 0.25) is 11.8 Å². The number of allylic oxidation sites excluding steroid dienone is 1. The van der Waals surface area contributed by atoms with Gasteiger partial charge in [0.25, 0.3) is 0 Å². The van der Waals surface area contributed by atoms with Gasteiger partial charge in [-0.05, 0) is 31.9 Å². The van der Waals surface area contributed by atoms with Crippen molar-refractivity contribution in [2.24, 2.45) is 4.99 Å². The molecule has 0 amide bonds. The van der Waals surface area contributed by atoms with Gasteiger partial charge in [-0.1, -0.05) is 0 Å². The standard InChI is InChI=1S/C16H21N5O2/c22-14-5-10-18-15-13(14)4-3-12(23-15)11-17-6-1-7-19-16-20-8-2-9-21-16/h2,8-10,12,17H,1,3-7,11H2,(H,19,20,21). The fourth-order valence-electron chi connectivity index (χ4n) is 2.61. The average molecular weight is 315 g/mol. The molecule has 2 aliphatic rings. The third-order valence-corrected chi connectivity index (χ3v) is 3.83. The number of aromatic nitrogens is 2. The van der Waals surface area contributed by atoms with Crippen molar-refractivity contribution in [1.29, 1.82) is 0 Å². The van der Waals surface area contributed by atoms with Crippen molar-refractivity contribution in [1.82, 2.24) is 15.3 Å². The van der Waals surface area contributed by atoms with Gasteiger partial charge in [-0.25, -0.2) is 15.0 Å². The zero-order valence-electron chi connectivity index (χ0n) is 13.0. The van der Waals surface area contributed by atoms with Gasteiger partial charge >= 0.3 is 0 Å². The molecule has 0 bridgehead atoms. The van der Waals surface area contributed by atoms with Crippen LogP contribution >= 0.6 is 0 Å². The highest BCUT2D eigenvalue weighted by molar-refractivity contribution is 6.05. The van der Waals surface area contributed by atoms with Crippen molar-refractivity contribution < 1.29 is 9.53 Å². The van der Waals surface area contributed by atoms with E-state index >= 15 is 0 Å². The highest BCUT2D eigenvalue weighted by Crippen LogP contribution is 2.27. The van der Waals surface area contributed by atoms with Crippen molar-refractivity contribution in [3.05, 3.63) is 29.9 Å². The second-order valence-electron chi connectivity index (χ2n) is 5.56. The zero-order chi connectivity index (χ0) is 15.9. The van der Waals surface area contributed by atoms with E-state index in [9.17, 15) is 4.79 Å². The molecule has 0 saturated heterocycles. The van der Waals surface area contributed by atoms with Gasteiger partial charge in [-0.3, -0.25) is 4.79 Å². The molecule has 1 aromatic rings. The molecular formula is C16H21N5O2. The highest BCUT2D eigenvalue weighted by atomic mass is 16.5. The zero-order valence-corrected chi connectivity index (χ0v) is 13.0. The lowest BCUT2D eigenvalue weighted by Crippen LogP contribution is -2.33. The minimum Gasteiger partial charge on any atom is -0.473 e. The van der Waals surface area contributed by atoms with Crippen molar-refractivity contribution in [3.8, 4) is 0 Å². The largest absolute Gasteiger partial charge is 0.473 e. The molecule has 2 aliphatic heterocycles. The van der Waals surface area contributed by atoms with E-state index in [4.69, 9.17) is 4.74 Å². The number of aliphatic imine (C=N–C) groups is 1. The number of carbonyl (C=O) groups is 1. The first-order valence-corrected chi connectivity index (χ1v) is 8.00. The molecule has 0 aromatic carbocycles. The first kappa shape index (κ1) is 15.6. The Morgan fingerprint density at radius 3 is 3.00 bits per heavy atom. The summed E-state index contributed by atoms with van der Waals surface area (Å²) in [6, 6.07) is 1.79.